The minimum absolute atomic E-state index is 0.116. The lowest BCUT2D eigenvalue weighted by Crippen LogP contribution is -2.16. The summed E-state index contributed by atoms with van der Waals surface area (Å²) < 4.78 is 23.7. The molecule has 0 aliphatic carbocycles. The summed E-state index contributed by atoms with van der Waals surface area (Å²) >= 11 is 1.54. The standard InChI is InChI=1S/C30H32N6O8S/c1-39-15-17-41-19-27(33-43-29(37)35-13-11-31-21-35)23-3-7-25(8-4-23)45-26-9-5-24(6-10-26)28(20-42-18-16-40-2)34-44-30(38)36-14-12-32-22-36/h3-14,21-22H,15-20H2,1-2H3/b33-27+,34-28+. The van der Waals surface area contributed by atoms with E-state index in [-0.39, 0.29) is 13.2 Å². The van der Waals surface area contributed by atoms with Crippen LogP contribution < -0.4 is 0 Å². The number of aromatic nitrogens is 4. The summed E-state index contributed by atoms with van der Waals surface area (Å²) in [6.45, 7) is 1.78. The molecule has 0 aliphatic rings. The van der Waals surface area contributed by atoms with Gasteiger partial charge in [-0.25, -0.2) is 28.7 Å². The second-order valence-electron chi connectivity index (χ2n) is 8.97. The molecule has 4 rings (SSSR count). The van der Waals surface area contributed by atoms with Gasteiger partial charge in [-0.3, -0.25) is 9.68 Å². The molecular formula is C30H32N6O8S. The highest BCUT2D eigenvalue weighted by Crippen LogP contribution is 2.28. The van der Waals surface area contributed by atoms with Crippen LogP contribution in [0.25, 0.3) is 0 Å². The first-order chi connectivity index (χ1) is 22.1. The molecule has 0 N–H and O–H groups in total. The molecule has 2 aromatic carbocycles. The van der Waals surface area contributed by atoms with Crippen LogP contribution in [0, 0.1) is 0 Å². The molecule has 4 aromatic rings. The zero-order valence-corrected chi connectivity index (χ0v) is 25.5. The summed E-state index contributed by atoms with van der Waals surface area (Å²) in [4.78, 5) is 44.2. The average Bonchev–Trinajstić information content (AvgIpc) is 3.81. The number of rotatable bonds is 16. The van der Waals surface area contributed by atoms with Crippen molar-refractivity contribution < 1.29 is 38.2 Å². The predicted molar refractivity (Wildman–Crippen MR) is 164 cm³/mol. The van der Waals surface area contributed by atoms with Gasteiger partial charge < -0.3 is 18.9 Å². The number of nitrogens with zero attached hydrogens (tertiary/aromatic N) is 6. The quantitative estimate of drug-likeness (QED) is 0.0748. The fraction of sp³-hybridized carbons (Fsp3) is 0.267. The van der Waals surface area contributed by atoms with Crippen molar-refractivity contribution in [2.24, 2.45) is 10.3 Å². The molecule has 0 radical (unpaired) electrons. The molecule has 0 spiro atoms. The lowest BCUT2D eigenvalue weighted by atomic mass is 10.1. The van der Waals surface area contributed by atoms with Gasteiger partial charge >= 0.3 is 12.2 Å². The van der Waals surface area contributed by atoms with Crippen LogP contribution in [-0.4, -0.2) is 96.6 Å². The third-order valence-electron chi connectivity index (χ3n) is 5.85. The Morgan fingerprint density at radius 1 is 0.667 bits per heavy atom. The molecule has 2 heterocycles. The fourth-order valence-corrected chi connectivity index (χ4v) is 4.35. The molecule has 14 nitrogen and oxygen atoms in total. The van der Waals surface area contributed by atoms with Crippen LogP contribution in [-0.2, 0) is 28.6 Å². The van der Waals surface area contributed by atoms with Gasteiger partial charge in [0.25, 0.3) is 0 Å². The normalized spacial score (nSPS) is 11.9. The smallest absolute Gasteiger partial charge is 0.382 e. The van der Waals surface area contributed by atoms with Gasteiger partial charge in [-0.15, -0.1) is 0 Å². The van der Waals surface area contributed by atoms with E-state index in [4.69, 9.17) is 28.6 Å². The van der Waals surface area contributed by atoms with Crippen LogP contribution in [0.2, 0.25) is 0 Å². The number of benzene rings is 2. The zero-order valence-electron chi connectivity index (χ0n) is 24.7. The van der Waals surface area contributed by atoms with Gasteiger partial charge in [-0.05, 0) is 24.3 Å². The van der Waals surface area contributed by atoms with Crippen molar-refractivity contribution in [1.29, 1.82) is 0 Å². The maximum absolute atomic E-state index is 12.2. The van der Waals surface area contributed by atoms with E-state index in [0.717, 1.165) is 20.9 Å². The highest BCUT2D eigenvalue weighted by molar-refractivity contribution is 7.99. The number of methoxy groups -OCH3 is 2. The minimum Gasteiger partial charge on any atom is -0.382 e. The first-order valence-corrected chi connectivity index (χ1v) is 14.4. The van der Waals surface area contributed by atoms with Crippen molar-refractivity contribution in [2.45, 2.75) is 9.79 Å². The topological polar surface area (TPSA) is 150 Å². The largest absolute Gasteiger partial charge is 0.445 e. The van der Waals surface area contributed by atoms with E-state index < -0.39 is 12.2 Å². The Balaban J connectivity index is 1.41. The number of imidazole rings is 2. The number of ether oxygens (including phenoxy) is 4. The van der Waals surface area contributed by atoms with Gasteiger partial charge in [0.2, 0.25) is 0 Å². The first kappa shape index (κ1) is 33.2. The summed E-state index contributed by atoms with van der Waals surface area (Å²) in [5.74, 6) is 0. The summed E-state index contributed by atoms with van der Waals surface area (Å²) in [6, 6.07) is 15.2. The van der Waals surface area contributed by atoms with Gasteiger partial charge in [0.1, 0.15) is 24.1 Å². The van der Waals surface area contributed by atoms with Crippen molar-refractivity contribution in [3.05, 3.63) is 97.1 Å². The fourth-order valence-electron chi connectivity index (χ4n) is 3.53. The number of carbonyl (C=O) groups excluding carboxylic acids is 2. The van der Waals surface area contributed by atoms with Gasteiger partial charge in [0.15, 0.2) is 0 Å². The number of hydrogen-bond acceptors (Lipinski definition) is 13. The molecule has 0 aliphatic heterocycles. The molecule has 15 heteroatoms. The molecule has 0 fully saturated rings. The number of hydrogen-bond donors (Lipinski definition) is 0. The van der Waals surface area contributed by atoms with E-state index in [2.05, 4.69) is 20.3 Å². The Hall–Kier alpha value is -4.67. The third kappa shape index (κ3) is 10.8. The van der Waals surface area contributed by atoms with Crippen molar-refractivity contribution in [1.82, 2.24) is 19.1 Å². The number of carbonyl (C=O) groups is 2. The summed E-state index contributed by atoms with van der Waals surface area (Å²) in [5, 5.41) is 8.08. The molecule has 0 atom stereocenters. The summed E-state index contributed by atoms with van der Waals surface area (Å²) in [6.07, 6.45) is 7.14. The maximum Gasteiger partial charge on any atom is 0.445 e. The van der Waals surface area contributed by atoms with E-state index >= 15 is 0 Å². The van der Waals surface area contributed by atoms with Crippen molar-refractivity contribution in [2.75, 3.05) is 53.9 Å². The van der Waals surface area contributed by atoms with Gasteiger partial charge in [-0.2, -0.15) is 0 Å². The van der Waals surface area contributed by atoms with Crippen LogP contribution in [0.15, 0.2) is 106 Å². The Labute approximate surface area is 263 Å². The SMILES string of the molecule is COCCOC/C(=N\OC(=O)n1ccnc1)c1ccc(Sc2ccc(/C(COCCOC)=N/OC(=O)n3ccnc3)cc2)cc1. The van der Waals surface area contributed by atoms with Crippen molar-refractivity contribution in [3.8, 4) is 0 Å². The Kier molecular flexibility index (Phi) is 13.4. The van der Waals surface area contributed by atoms with Crippen LogP contribution in [0.1, 0.15) is 11.1 Å². The third-order valence-corrected chi connectivity index (χ3v) is 6.87. The monoisotopic (exact) mass is 636 g/mol. The highest BCUT2D eigenvalue weighted by atomic mass is 32.2. The molecule has 0 unspecified atom stereocenters. The Morgan fingerprint density at radius 2 is 1.09 bits per heavy atom. The van der Waals surface area contributed by atoms with Gasteiger partial charge in [0, 0.05) is 59.9 Å². The molecule has 0 saturated carbocycles. The predicted octanol–water partition coefficient (Wildman–Crippen LogP) is 4.33. The lowest BCUT2D eigenvalue weighted by molar-refractivity contribution is 0.0886. The van der Waals surface area contributed by atoms with E-state index in [1.54, 1.807) is 26.0 Å². The molecule has 45 heavy (non-hydrogen) atoms. The van der Waals surface area contributed by atoms with E-state index in [1.807, 2.05) is 48.5 Å². The van der Waals surface area contributed by atoms with Crippen LogP contribution in [0.4, 0.5) is 9.59 Å². The second-order valence-corrected chi connectivity index (χ2v) is 10.1. The molecule has 0 amide bonds. The molecule has 0 bridgehead atoms. The number of oxime groups is 2. The van der Waals surface area contributed by atoms with Crippen molar-refractivity contribution in [3.63, 3.8) is 0 Å². The molecule has 236 valence electrons. The Morgan fingerprint density at radius 3 is 1.44 bits per heavy atom. The van der Waals surface area contributed by atoms with Crippen LogP contribution >= 0.6 is 11.8 Å². The minimum atomic E-state index is -0.691. The average molecular weight is 637 g/mol. The van der Waals surface area contributed by atoms with E-state index in [9.17, 15) is 9.59 Å². The lowest BCUT2D eigenvalue weighted by Gasteiger charge is -2.10. The zero-order chi connectivity index (χ0) is 31.7. The molecule has 2 aromatic heterocycles. The highest BCUT2D eigenvalue weighted by Gasteiger charge is 2.12. The van der Waals surface area contributed by atoms with Crippen molar-refractivity contribution >= 4 is 35.4 Å². The van der Waals surface area contributed by atoms with E-state index in [0.29, 0.717) is 37.9 Å². The summed E-state index contributed by atoms with van der Waals surface area (Å²) in [5.41, 5.74) is 2.33. The van der Waals surface area contributed by atoms with Crippen LogP contribution in [0.5, 0.6) is 0 Å². The van der Waals surface area contributed by atoms with E-state index in [1.165, 1.54) is 46.6 Å². The summed E-state index contributed by atoms with van der Waals surface area (Å²) in [7, 11) is 3.17. The van der Waals surface area contributed by atoms with Crippen LogP contribution in [0.3, 0.4) is 0 Å². The first-order valence-electron chi connectivity index (χ1n) is 13.6. The maximum atomic E-state index is 12.2. The second kappa shape index (κ2) is 18.2. The molecule has 0 saturated heterocycles. The Bertz CT molecular complexity index is 1410. The van der Waals surface area contributed by atoms with Gasteiger partial charge in [0.05, 0.1) is 39.6 Å². The van der Waals surface area contributed by atoms with Gasteiger partial charge in [-0.1, -0.05) is 46.3 Å². The molecular weight excluding hydrogens is 604 g/mol.